The van der Waals surface area contributed by atoms with E-state index in [0.717, 1.165) is 12.1 Å². The fraction of sp³-hybridized carbons (Fsp3) is 0.364. The number of rotatable bonds is 3. The highest BCUT2D eigenvalue weighted by molar-refractivity contribution is 9.10. The number of hydrogen-bond acceptors (Lipinski definition) is 5. The first-order valence-corrected chi connectivity index (χ1v) is 8.68. The van der Waals surface area contributed by atoms with E-state index in [1.54, 1.807) is 20.8 Å². The first-order chi connectivity index (χ1) is 9.33. The van der Waals surface area contributed by atoms with Crippen LogP contribution in [0.25, 0.3) is 0 Å². The van der Waals surface area contributed by atoms with E-state index in [9.17, 15) is 23.3 Å². The van der Waals surface area contributed by atoms with Crippen molar-refractivity contribution in [3.05, 3.63) is 32.3 Å². The van der Waals surface area contributed by atoms with Crippen molar-refractivity contribution in [2.24, 2.45) is 0 Å². The molecule has 1 rings (SSSR count). The molecular formula is C11H12BrClN2O5S. The second-order valence-corrected chi connectivity index (χ2v) is 8.53. The van der Waals surface area contributed by atoms with Gasteiger partial charge in [-0.1, -0.05) is 0 Å². The van der Waals surface area contributed by atoms with Crippen LogP contribution in [0, 0.1) is 10.1 Å². The van der Waals surface area contributed by atoms with E-state index in [-0.39, 0.29) is 10.0 Å². The van der Waals surface area contributed by atoms with Gasteiger partial charge in [0.2, 0.25) is 0 Å². The van der Waals surface area contributed by atoms with Crippen LogP contribution in [-0.4, -0.2) is 24.8 Å². The summed E-state index contributed by atoms with van der Waals surface area (Å²) in [5, 5.41) is 13.5. The van der Waals surface area contributed by atoms with Gasteiger partial charge in [0.25, 0.3) is 20.6 Å². The summed E-state index contributed by atoms with van der Waals surface area (Å²) in [5.74, 6) is -0.653. The number of nitro benzene ring substituents is 1. The first-order valence-electron chi connectivity index (χ1n) is 5.58. The van der Waals surface area contributed by atoms with Gasteiger partial charge in [-0.15, -0.1) is 0 Å². The van der Waals surface area contributed by atoms with E-state index in [4.69, 9.17) is 10.7 Å². The van der Waals surface area contributed by atoms with E-state index in [2.05, 4.69) is 21.2 Å². The number of nitrogens with zero attached hydrogens (tertiary/aromatic N) is 1. The largest absolute Gasteiger partial charge is 0.347 e. The Kier molecular flexibility index (Phi) is 5.01. The predicted molar refractivity (Wildman–Crippen MR) is 81.1 cm³/mol. The molecule has 0 aliphatic heterocycles. The summed E-state index contributed by atoms with van der Waals surface area (Å²) in [6.45, 7) is 5.15. The average Bonchev–Trinajstić information content (AvgIpc) is 2.24. The molecule has 1 aromatic carbocycles. The van der Waals surface area contributed by atoms with Crippen LogP contribution in [0.15, 0.2) is 21.5 Å². The molecule has 0 spiro atoms. The van der Waals surface area contributed by atoms with Crippen molar-refractivity contribution >= 4 is 47.3 Å². The van der Waals surface area contributed by atoms with Gasteiger partial charge in [-0.05, 0) is 36.7 Å². The number of non-ortho nitro benzene ring substituents is 1. The molecule has 1 N–H and O–H groups in total. The fourth-order valence-corrected chi connectivity index (χ4v) is 3.72. The second kappa shape index (κ2) is 5.90. The molecule has 0 aliphatic rings. The van der Waals surface area contributed by atoms with Gasteiger partial charge >= 0.3 is 0 Å². The van der Waals surface area contributed by atoms with Crippen LogP contribution in [0.3, 0.4) is 0 Å². The van der Waals surface area contributed by atoms with Gasteiger partial charge < -0.3 is 5.32 Å². The number of carbonyl (C=O) groups excluding carboxylic acids is 1. The van der Waals surface area contributed by atoms with Gasteiger partial charge in [-0.3, -0.25) is 14.9 Å². The Morgan fingerprint density at radius 2 is 1.90 bits per heavy atom. The molecule has 0 aromatic heterocycles. The molecular weight excluding hydrogens is 388 g/mol. The van der Waals surface area contributed by atoms with Crippen LogP contribution in [0.1, 0.15) is 31.1 Å². The zero-order chi connectivity index (χ0) is 16.6. The zero-order valence-electron chi connectivity index (χ0n) is 11.3. The van der Waals surface area contributed by atoms with Gasteiger partial charge in [-0.2, -0.15) is 0 Å². The molecule has 0 atom stereocenters. The molecule has 1 amide bonds. The monoisotopic (exact) mass is 398 g/mol. The van der Waals surface area contributed by atoms with Crippen molar-refractivity contribution in [3.63, 3.8) is 0 Å². The van der Waals surface area contributed by atoms with Crippen LogP contribution in [0.4, 0.5) is 5.69 Å². The highest BCUT2D eigenvalue weighted by Gasteiger charge is 2.27. The van der Waals surface area contributed by atoms with Crippen LogP contribution < -0.4 is 5.32 Å². The van der Waals surface area contributed by atoms with Crippen LogP contribution in [-0.2, 0) is 9.05 Å². The van der Waals surface area contributed by atoms with Gasteiger partial charge in [0.05, 0.1) is 15.0 Å². The molecule has 0 saturated carbocycles. The standard InChI is InChI=1S/C11H12BrClN2O5S/c1-11(2,3)14-10(16)7-4-6(15(17)18)5-8(9(7)12)21(13,19)20/h4-5H,1-3H3,(H,14,16). The maximum Gasteiger partial charge on any atom is 0.271 e. The molecule has 21 heavy (non-hydrogen) atoms. The van der Waals surface area contributed by atoms with E-state index >= 15 is 0 Å². The third-order valence-corrected chi connectivity index (χ3v) is 4.69. The lowest BCUT2D eigenvalue weighted by Crippen LogP contribution is -2.40. The lowest BCUT2D eigenvalue weighted by Gasteiger charge is -2.21. The van der Waals surface area contributed by atoms with Gasteiger partial charge in [0, 0.05) is 28.4 Å². The number of nitrogens with one attached hydrogen (secondary N) is 1. The quantitative estimate of drug-likeness (QED) is 0.478. The Balaban J connectivity index is 3.55. The van der Waals surface area contributed by atoms with Crippen LogP contribution in [0.2, 0.25) is 0 Å². The summed E-state index contributed by atoms with van der Waals surface area (Å²) in [7, 11) is 0.990. The van der Waals surface area contributed by atoms with Crippen molar-refractivity contribution in [1.82, 2.24) is 5.32 Å². The van der Waals surface area contributed by atoms with Crippen molar-refractivity contribution < 1.29 is 18.1 Å². The third kappa shape index (κ3) is 4.65. The highest BCUT2D eigenvalue weighted by Crippen LogP contribution is 2.33. The maximum absolute atomic E-state index is 12.1. The molecule has 10 heteroatoms. The topological polar surface area (TPSA) is 106 Å². The van der Waals surface area contributed by atoms with E-state index in [1.165, 1.54) is 0 Å². The summed E-state index contributed by atoms with van der Waals surface area (Å²) in [4.78, 5) is 21.7. The summed E-state index contributed by atoms with van der Waals surface area (Å²) in [6.07, 6.45) is 0. The molecule has 0 radical (unpaired) electrons. The van der Waals surface area contributed by atoms with E-state index in [1.807, 2.05) is 0 Å². The van der Waals surface area contributed by atoms with Crippen molar-refractivity contribution in [2.75, 3.05) is 0 Å². The number of halogens is 2. The minimum absolute atomic E-state index is 0.121. The first kappa shape index (κ1) is 17.9. The Labute approximate surface area is 134 Å². The molecule has 0 fully saturated rings. The number of hydrogen-bond donors (Lipinski definition) is 1. The molecule has 0 saturated heterocycles. The molecule has 0 aliphatic carbocycles. The number of benzene rings is 1. The molecule has 1 aromatic rings. The summed E-state index contributed by atoms with van der Waals surface area (Å²) < 4.78 is 22.8. The normalized spacial score (nSPS) is 12.0. The van der Waals surface area contributed by atoms with Crippen molar-refractivity contribution in [2.45, 2.75) is 31.2 Å². The Hall–Kier alpha value is -1.19. The number of amides is 1. The number of nitro groups is 1. The van der Waals surface area contributed by atoms with Gasteiger partial charge in [-0.25, -0.2) is 8.42 Å². The summed E-state index contributed by atoms with van der Waals surface area (Å²) in [6, 6.07) is 1.77. The fourth-order valence-electron chi connectivity index (χ4n) is 1.44. The minimum atomic E-state index is -4.25. The van der Waals surface area contributed by atoms with Crippen LogP contribution in [0.5, 0.6) is 0 Å². The van der Waals surface area contributed by atoms with E-state index in [0.29, 0.717) is 0 Å². The smallest absolute Gasteiger partial charge is 0.271 e. The Bertz CT molecular complexity index is 712. The second-order valence-electron chi connectivity index (χ2n) is 5.20. The zero-order valence-corrected chi connectivity index (χ0v) is 14.5. The molecule has 0 unspecified atom stereocenters. The SMILES string of the molecule is CC(C)(C)NC(=O)c1cc([N+](=O)[O-])cc(S(=O)(=O)Cl)c1Br. The lowest BCUT2D eigenvalue weighted by atomic mass is 10.1. The molecule has 7 nitrogen and oxygen atoms in total. The van der Waals surface area contributed by atoms with Crippen LogP contribution >= 0.6 is 26.6 Å². The lowest BCUT2D eigenvalue weighted by molar-refractivity contribution is -0.385. The average molecular weight is 400 g/mol. The Morgan fingerprint density at radius 1 is 1.38 bits per heavy atom. The highest BCUT2D eigenvalue weighted by atomic mass is 79.9. The van der Waals surface area contributed by atoms with Crippen molar-refractivity contribution in [1.29, 1.82) is 0 Å². The molecule has 116 valence electrons. The predicted octanol–water partition coefficient (Wildman–Crippen LogP) is 2.81. The van der Waals surface area contributed by atoms with E-state index < -0.39 is 36.0 Å². The van der Waals surface area contributed by atoms with Gasteiger partial charge in [0.1, 0.15) is 4.90 Å². The maximum atomic E-state index is 12.1. The van der Waals surface area contributed by atoms with Crippen molar-refractivity contribution in [3.8, 4) is 0 Å². The summed E-state index contributed by atoms with van der Waals surface area (Å²) >= 11 is 2.96. The molecule has 0 bridgehead atoms. The molecule has 0 heterocycles. The Morgan fingerprint density at radius 3 is 2.29 bits per heavy atom. The summed E-state index contributed by atoms with van der Waals surface area (Å²) in [5.41, 5.74) is -1.32. The van der Waals surface area contributed by atoms with Gasteiger partial charge in [0.15, 0.2) is 0 Å². The minimum Gasteiger partial charge on any atom is -0.347 e. The third-order valence-electron chi connectivity index (χ3n) is 2.23. The number of carbonyl (C=O) groups is 1.